The zero-order valence-corrected chi connectivity index (χ0v) is 13.8. The van der Waals surface area contributed by atoms with Crippen LogP contribution in [0.3, 0.4) is 0 Å². The molecule has 0 bridgehead atoms. The number of hydrogen-bond donors (Lipinski definition) is 2. The number of aryl methyl sites for hydroxylation is 1. The summed E-state index contributed by atoms with van der Waals surface area (Å²) in [6.07, 6.45) is 0.938. The molecule has 7 heteroatoms. The van der Waals surface area contributed by atoms with Gasteiger partial charge >= 0.3 is 0 Å². The van der Waals surface area contributed by atoms with Crippen molar-refractivity contribution in [2.24, 2.45) is 0 Å². The van der Waals surface area contributed by atoms with E-state index in [1.54, 1.807) is 12.1 Å². The molecule has 1 aromatic heterocycles. The first-order chi connectivity index (χ1) is 11.1. The van der Waals surface area contributed by atoms with Gasteiger partial charge in [-0.3, -0.25) is 9.89 Å². The van der Waals surface area contributed by atoms with Crippen molar-refractivity contribution in [1.82, 2.24) is 10.2 Å². The lowest BCUT2D eigenvalue weighted by Crippen LogP contribution is -2.18. The Labute approximate surface area is 139 Å². The number of anilines is 1. The molecule has 0 aliphatic carbocycles. The number of aromatic nitrogens is 2. The molecule has 0 fully saturated rings. The van der Waals surface area contributed by atoms with Crippen LogP contribution in [0.2, 0.25) is 5.02 Å². The molecule has 6 nitrogen and oxygen atoms in total. The lowest BCUT2D eigenvalue weighted by molar-refractivity contribution is -0.115. The van der Waals surface area contributed by atoms with Gasteiger partial charge in [0.25, 0.3) is 0 Å². The van der Waals surface area contributed by atoms with E-state index in [1.807, 2.05) is 13.8 Å². The van der Waals surface area contributed by atoms with Gasteiger partial charge in [0.05, 0.1) is 6.42 Å². The summed E-state index contributed by atoms with van der Waals surface area (Å²) in [5.41, 5.74) is 2.66. The van der Waals surface area contributed by atoms with Crippen LogP contribution < -0.4 is 14.8 Å². The number of benzene rings is 1. The van der Waals surface area contributed by atoms with Gasteiger partial charge in [-0.25, -0.2) is 0 Å². The van der Waals surface area contributed by atoms with Crippen LogP contribution >= 0.6 is 11.6 Å². The van der Waals surface area contributed by atoms with E-state index in [2.05, 4.69) is 15.5 Å². The molecular weight excluding hydrogens is 318 g/mol. The number of carbonyl (C=O) groups is 1. The number of nitrogens with zero attached hydrogens (tertiary/aromatic N) is 1. The van der Waals surface area contributed by atoms with Crippen LogP contribution in [0.15, 0.2) is 12.1 Å². The number of aromatic amines is 1. The second kappa shape index (κ2) is 6.50. The number of rotatable bonds is 4. The number of fused-ring (bicyclic) bond motifs is 1. The summed E-state index contributed by atoms with van der Waals surface area (Å²) in [5, 5.41) is 10.3. The summed E-state index contributed by atoms with van der Waals surface area (Å²) < 4.78 is 11.0. The minimum atomic E-state index is -0.176. The number of ether oxygens (including phenoxy) is 2. The maximum atomic E-state index is 12.3. The van der Waals surface area contributed by atoms with Crippen LogP contribution in [-0.2, 0) is 17.6 Å². The zero-order valence-electron chi connectivity index (χ0n) is 13.0. The summed E-state index contributed by atoms with van der Waals surface area (Å²) in [6.45, 7) is 4.94. The van der Waals surface area contributed by atoms with Crippen molar-refractivity contribution in [3.63, 3.8) is 0 Å². The largest absolute Gasteiger partial charge is 0.486 e. The Morgan fingerprint density at radius 3 is 2.74 bits per heavy atom. The van der Waals surface area contributed by atoms with Crippen molar-refractivity contribution in [2.45, 2.75) is 26.7 Å². The number of carbonyl (C=O) groups excluding carboxylic acids is 1. The van der Waals surface area contributed by atoms with E-state index in [4.69, 9.17) is 21.1 Å². The molecule has 0 saturated carbocycles. The molecule has 0 radical (unpaired) electrons. The van der Waals surface area contributed by atoms with Gasteiger partial charge in [0, 0.05) is 22.3 Å². The van der Waals surface area contributed by atoms with Crippen LogP contribution in [0.25, 0.3) is 0 Å². The molecule has 1 aliphatic heterocycles. The zero-order chi connectivity index (χ0) is 16.4. The summed E-state index contributed by atoms with van der Waals surface area (Å²) in [7, 11) is 0. The maximum absolute atomic E-state index is 12.3. The molecule has 0 unspecified atom stereocenters. The predicted molar refractivity (Wildman–Crippen MR) is 87.5 cm³/mol. The molecule has 0 atom stereocenters. The number of H-pyrrole nitrogens is 1. The Bertz CT molecular complexity index is 742. The second-order valence-electron chi connectivity index (χ2n) is 5.34. The minimum absolute atomic E-state index is 0.143. The molecule has 2 heterocycles. The quantitative estimate of drug-likeness (QED) is 0.900. The second-order valence-corrected chi connectivity index (χ2v) is 5.75. The van der Waals surface area contributed by atoms with E-state index in [-0.39, 0.29) is 12.3 Å². The van der Waals surface area contributed by atoms with E-state index < -0.39 is 0 Å². The lowest BCUT2D eigenvalue weighted by Gasteiger charge is -2.19. The van der Waals surface area contributed by atoms with Gasteiger partial charge in [-0.1, -0.05) is 18.5 Å². The van der Waals surface area contributed by atoms with Crippen molar-refractivity contribution in [3.8, 4) is 11.5 Å². The number of amides is 1. The van der Waals surface area contributed by atoms with Crippen molar-refractivity contribution in [3.05, 3.63) is 34.0 Å². The summed E-state index contributed by atoms with van der Waals surface area (Å²) in [4.78, 5) is 12.3. The maximum Gasteiger partial charge on any atom is 0.230 e. The highest BCUT2D eigenvalue weighted by atomic mass is 35.5. The van der Waals surface area contributed by atoms with Crippen molar-refractivity contribution in [2.75, 3.05) is 18.5 Å². The fourth-order valence-electron chi connectivity index (χ4n) is 2.58. The Kier molecular flexibility index (Phi) is 4.43. The number of halogens is 1. The third kappa shape index (κ3) is 3.27. The monoisotopic (exact) mass is 335 g/mol. The Morgan fingerprint density at radius 1 is 1.35 bits per heavy atom. The van der Waals surface area contributed by atoms with Gasteiger partial charge < -0.3 is 14.8 Å². The van der Waals surface area contributed by atoms with Gasteiger partial charge in [0.15, 0.2) is 17.3 Å². The highest BCUT2D eigenvalue weighted by Gasteiger charge is 2.18. The molecule has 23 heavy (non-hydrogen) atoms. The smallest absolute Gasteiger partial charge is 0.230 e. The van der Waals surface area contributed by atoms with Gasteiger partial charge in [-0.15, -0.1) is 0 Å². The average molecular weight is 336 g/mol. The third-order valence-corrected chi connectivity index (χ3v) is 4.10. The predicted octanol–water partition coefficient (Wildman–Crippen LogP) is 2.89. The molecular formula is C16H18ClN3O3. The molecule has 1 aromatic carbocycles. The SMILES string of the molecule is CCc1c(NC(=O)Cc2cc3c(cc2Cl)OCCO3)n[nH]c1C. The van der Waals surface area contributed by atoms with E-state index in [9.17, 15) is 4.79 Å². The average Bonchev–Trinajstić information content (AvgIpc) is 2.87. The van der Waals surface area contributed by atoms with Crippen LogP contribution in [0.1, 0.15) is 23.7 Å². The Balaban J connectivity index is 1.75. The summed E-state index contributed by atoms with van der Waals surface area (Å²) in [5.74, 6) is 1.63. The van der Waals surface area contributed by atoms with Crippen molar-refractivity contribution in [1.29, 1.82) is 0 Å². The standard InChI is InChI=1S/C16H18ClN3O3/c1-3-11-9(2)19-20-16(11)18-15(21)7-10-6-13-14(8-12(10)17)23-5-4-22-13/h6,8H,3-5,7H2,1-2H3,(H2,18,19,20,21). The number of hydrogen-bond acceptors (Lipinski definition) is 4. The Morgan fingerprint density at radius 2 is 2.04 bits per heavy atom. The summed E-state index contributed by atoms with van der Waals surface area (Å²) in [6, 6.07) is 3.45. The fraction of sp³-hybridized carbons (Fsp3) is 0.375. The highest BCUT2D eigenvalue weighted by Crippen LogP contribution is 2.35. The van der Waals surface area contributed by atoms with E-state index in [0.29, 0.717) is 41.1 Å². The first kappa shape index (κ1) is 15.7. The first-order valence-corrected chi connectivity index (χ1v) is 7.88. The van der Waals surface area contributed by atoms with Gasteiger partial charge in [0.2, 0.25) is 5.91 Å². The van der Waals surface area contributed by atoms with Crippen molar-refractivity contribution < 1.29 is 14.3 Å². The molecule has 2 N–H and O–H groups in total. The van der Waals surface area contributed by atoms with E-state index in [1.165, 1.54) is 0 Å². The van der Waals surface area contributed by atoms with Crippen LogP contribution in [0, 0.1) is 6.92 Å². The summed E-state index contributed by atoms with van der Waals surface area (Å²) >= 11 is 6.23. The first-order valence-electron chi connectivity index (χ1n) is 7.50. The van der Waals surface area contributed by atoms with Crippen molar-refractivity contribution >= 4 is 23.3 Å². The molecule has 3 rings (SSSR count). The molecule has 0 saturated heterocycles. The number of nitrogens with one attached hydrogen (secondary N) is 2. The van der Waals surface area contributed by atoms with Gasteiger partial charge in [-0.2, -0.15) is 5.10 Å². The molecule has 1 amide bonds. The molecule has 1 aliphatic rings. The van der Waals surface area contributed by atoms with Crippen LogP contribution in [0.5, 0.6) is 11.5 Å². The van der Waals surface area contributed by atoms with Crippen LogP contribution in [-0.4, -0.2) is 29.3 Å². The highest BCUT2D eigenvalue weighted by molar-refractivity contribution is 6.31. The lowest BCUT2D eigenvalue weighted by atomic mass is 10.1. The van der Waals surface area contributed by atoms with Gasteiger partial charge in [-0.05, 0) is 25.0 Å². The molecule has 122 valence electrons. The van der Waals surface area contributed by atoms with E-state index in [0.717, 1.165) is 17.7 Å². The van der Waals surface area contributed by atoms with E-state index >= 15 is 0 Å². The normalized spacial score (nSPS) is 13.0. The van der Waals surface area contributed by atoms with Gasteiger partial charge in [0.1, 0.15) is 13.2 Å². The minimum Gasteiger partial charge on any atom is -0.486 e. The van der Waals surface area contributed by atoms with Crippen LogP contribution in [0.4, 0.5) is 5.82 Å². The Hall–Kier alpha value is -2.21. The molecule has 0 spiro atoms. The molecule has 2 aromatic rings. The fourth-order valence-corrected chi connectivity index (χ4v) is 2.80. The topological polar surface area (TPSA) is 76.2 Å². The third-order valence-electron chi connectivity index (χ3n) is 3.75.